The molecule has 0 unspecified atom stereocenters. The third kappa shape index (κ3) is 3.78. The zero-order chi connectivity index (χ0) is 16.1. The molecule has 0 aliphatic carbocycles. The Morgan fingerprint density at radius 2 is 2.05 bits per heavy atom. The lowest BCUT2D eigenvalue weighted by Gasteiger charge is -2.14. The van der Waals surface area contributed by atoms with Gasteiger partial charge in [0.2, 0.25) is 0 Å². The van der Waals surface area contributed by atoms with E-state index in [-0.39, 0.29) is 11.1 Å². The highest BCUT2D eigenvalue weighted by Crippen LogP contribution is 2.16. The molecule has 0 saturated heterocycles. The number of nitrogens with one attached hydrogen (secondary N) is 1. The second-order valence-electron chi connectivity index (χ2n) is 4.94. The van der Waals surface area contributed by atoms with Crippen molar-refractivity contribution in [2.24, 2.45) is 0 Å². The lowest BCUT2D eigenvalue weighted by atomic mass is 10.2. The number of ether oxygens (including phenoxy) is 1. The van der Waals surface area contributed by atoms with Gasteiger partial charge in [0.15, 0.2) is 5.43 Å². The molecule has 0 aliphatic heterocycles. The first-order chi connectivity index (χ1) is 10.5. The molecule has 0 bridgehead atoms. The second kappa shape index (κ2) is 7.29. The minimum atomic E-state index is -0.676. The summed E-state index contributed by atoms with van der Waals surface area (Å²) in [6.07, 6.45) is 1.58. The van der Waals surface area contributed by atoms with Gasteiger partial charge in [0, 0.05) is 49.8 Å². The molecule has 6 heteroatoms. The Balaban J connectivity index is 2.33. The largest absolute Gasteiger partial charge is 0.383 e. The standard InChI is InChI=1S/C16H18F2N2O2/c1-11-7-16(21)12(9-19-5-6-22-2)10-20(11)15-4-3-13(17)8-14(15)18/h3-4,7-8,10,19H,5-6,9H2,1-2H3. The van der Waals surface area contributed by atoms with Crippen molar-refractivity contribution in [2.45, 2.75) is 13.5 Å². The highest BCUT2D eigenvalue weighted by Gasteiger charge is 2.10. The molecule has 22 heavy (non-hydrogen) atoms. The van der Waals surface area contributed by atoms with Gasteiger partial charge in [-0.1, -0.05) is 0 Å². The zero-order valence-corrected chi connectivity index (χ0v) is 12.5. The number of halogens is 2. The van der Waals surface area contributed by atoms with Gasteiger partial charge in [-0.05, 0) is 19.1 Å². The molecule has 118 valence electrons. The Morgan fingerprint density at radius 3 is 2.73 bits per heavy atom. The van der Waals surface area contributed by atoms with Crippen LogP contribution in [0.5, 0.6) is 0 Å². The molecular formula is C16H18F2N2O2. The van der Waals surface area contributed by atoms with Crippen LogP contribution in [0.25, 0.3) is 5.69 Å². The predicted molar refractivity (Wildman–Crippen MR) is 80.3 cm³/mol. The number of nitrogens with zero attached hydrogens (tertiary/aromatic N) is 1. The SMILES string of the molecule is COCCNCc1cn(-c2ccc(F)cc2F)c(C)cc1=O. The van der Waals surface area contributed by atoms with E-state index in [1.54, 1.807) is 24.8 Å². The number of benzene rings is 1. The average molecular weight is 308 g/mol. The van der Waals surface area contributed by atoms with E-state index in [0.29, 0.717) is 31.0 Å². The number of hydrogen-bond donors (Lipinski definition) is 1. The van der Waals surface area contributed by atoms with Crippen LogP contribution in [0.2, 0.25) is 0 Å². The van der Waals surface area contributed by atoms with Crippen LogP contribution in [0.1, 0.15) is 11.3 Å². The number of pyridine rings is 1. The van der Waals surface area contributed by atoms with Crippen LogP contribution in [0.3, 0.4) is 0 Å². The molecule has 1 aromatic heterocycles. The maximum Gasteiger partial charge on any atom is 0.186 e. The van der Waals surface area contributed by atoms with Crippen LogP contribution in [0, 0.1) is 18.6 Å². The number of aromatic nitrogens is 1. The van der Waals surface area contributed by atoms with Crippen molar-refractivity contribution in [1.29, 1.82) is 0 Å². The highest BCUT2D eigenvalue weighted by molar-refractivity contribution is 5.37. The maximum absolute atomic E-state index is 13.9. The van der Waals surface area contributed by atoms with Crippen LogP contribution in [-0.4, -0.2) is 24.8 Å². The van der Waals surface area contributed by atoms with Gasteiger partial charge in [0.25, 0.3) is 0 Å². The van der Waals surface area contributed by atoms with E-state index in [1.807, 2.05) is 0 Å². The van der Waals surface area contributed by atoms with Crippen LogP contribution < -0.4 is 10.7 Å². The first kappa shape index (κ1) is 16.3. The molecule has 0 aliphatic rings. The smallest absolute Gasteiger partial charge is 0.186 e. The van der Waals surface area contributed by atoms with E-state index in [0.717, 1.165) is 6.07 Å². The van der Waals surface area contributed by atoms with Gasteiger partial charge in [-0.25, -0.2) is 8.78 Å². The topological polar surface area (TPSA) is 43.3 Å². The molecular weight excluding hydrogens is 290 g/mol. The van der Waals surface area contributed by atoms with Crippen molar-refractivity contribution >= 4 is 0 Å². The fraction of sp³-hybridized carbons (Fsp3) is 0.312. The molecule has 0 fully saturated rings. The number of methoxy groups -OCH3 is 1. The molecule has 2 aromatic rings. The maximum atomic E-state index is 13.9. The quantitative estimate of drug-likeness (QED) is 0.832. The average Bonchev–Trinajstić information content (AvgIpc) is 2.46. The van der Waals surface area contributed by atoms with Gasteiger partial charge in [-0.2, -0.15) is 0 Å². The summed E-state index contributed by atoms with van der Waals surface area (Å²) in [5.74, 6) is -1.31. The number of aryl methyl sites for hydroxylation is 1. The minimum absolute atomic E-state index is 0.124. The molecule has 0 amide bonds. The molecule has 2 rings (SSSR count). The Hall–Kier alpha value is -2.05. The van der Waals surface area contributed by atoms with Crippen LogP contribution in [0.4, 0.5) is 8.78 Å². The van der Waals surface area contributed by atoms with Crippen molar-refractivity contribution in [3.8, 4) is 5.69 Å². The summed E-state index contributed by atoms with van der Waals surface area (Å²) in [6, 6.07) is 4.80. The summed E-state index contributed by atoms with van der Waals surface area (Å²) in [7, 11) is 1.60. The van der Waals surface area contributed by atoms with E-state index in [2.05, 4.69) is 5.32 Å². The molecule has 1 aromatic carbocycles. The van der Waals surface area contributed by atoms with Crippen molar-refractivity contribution in [2.75, 3.05) is 20.3 Å². The Morgan fingerprint density at radius 1 is 1.27 bits per heavy atom. The Bertz CT molecular complexity index is 714. The third-order valence-electron chi connectivity index (χ3n) is 3.29. The Kier molecular flexibility index (Phi) is 5.41. The summed E-state index contributed by atoms with van der Waals surface area (Å²) in [6.45, 7) is 3.19. The molecule has 0 radical (unpaired) electrons. The summed E-state index contributed by atoms with van der Waals surface area (Å²) in [5, 5.41) is 3.07. The molecule has 1 heterocycles. The molecule has 1 N–H and O–H groups in total. The van der Waals surface area contributed by atoms with Crippen LogP contribution in [-0.2, 0) is 11.3 Å². The van der Waals surface area contributed by atoms with Crippen molar-refractivity contribution in [3.63, 3.8) is 0 Å². The van der Waals surface area contributed by atoms with E-state index < -0.39 is 11.6 Å². The third-order valence-corrected chi connectivity index (χ3v) is 3.29. The molecule has 0 atom stereocenters. The van der Waals surface area contributed by atoms with Crippen molar-refractivity contribution in [1.82, 2.24) is 9.88 Å². The minimum Gasteiger partial charge on any atom is -0.383 e. The van der Waals surface area contributed by atoms with Crippen molar-refractivity contribution < 1.29 is 13.5 Å². The van der Waals surface area contributed by atoms with Gasteiger partial charge < -0.3 is 14.6 Å². The highest BCUT2D eigenvalue weighted by atomic mass is 19.1. The lowest BCUT2D eigenvalue weighted by Crippen LogP contribution is -2.24. The predicted octanol–water partition coefficient (Wildman–Crippen LogP) is 2.16. The van der Waals surface area contributed by atoms with Gasteiger partial charge in [-0.3, -0.25) is 4.79 Å². The van der Waals surface area contributed by atoms with Gasteiger partial charge >= 0.3 is 0 Å². The van der Waals surface area contributed by atoms with E-state index >= 15 is 0 Å². The summed E-state index contributed by atoms with van der Waals surface area (Å²) >= 11 is 0. The molecule has 4 nitrogen and oxygen atoms in total. The molecule has 0 saturated carbocycles. The van der Waals surface area contributed by atoms with Gasteiger partial charge in [0.05, 0.1) is 12.3 Å². The first-order valence-corrected chi connectivity index (χ1v) is 6.90. The van der Waals surface area contributed by atoms with E-state index in [1.165, 1.54) is 18.2 Å². The summed E-state index contributed by atoms with van der Waals surface area (Å²) in [5.41, 5.74) is 1.17. The number of hydrogen-bond acceptors (Lipinski definition) is 3. The monoisotopic (exact) mass is 308 g/mol. The second-order valence-corrected chi connectivity index (χ2v) is 4.94. The fourth-order valence-corrected chi connectivity index (χ4v) is 2.14. The summed E-state index contributed by atoms with van der Waals surface area (Å²) < 4.78 is 33.4. The van der Waals surface area contributed by atoms with Crippen molar-refractivity contribution in [3.05, 3.63) is 63.6 Å². The zero-order valence-electron chi connectivity index (χ0n) is 12.5. The van der Waals surface area contributed by atoms with Crippen LogP contribution in [0.15, 0.2) is 35.3 Å². The molecule has 0 spiro atoms. The van der Waals surface area contributed by atoms with Crippen LogP contribution >= 0.6 is 0 Å². The van der Waals surface area contributed by atoms with E-state index in [9.17, 15) is 13.6 Å². The Labute approximate surface area is 127 Å². The van der Waals surface area contributed by atoms with E-state index in [4.69, 9.17) is 4.74 Å². The first-order valence-electron chi connectivity index (χ1n) is 6.90. The fourth-order valence-electron chi connectivity index (χ4n) is 2.14. The normalized spacial score (nSPS) is 10.9. The lowest BCUT2D eigenvalue weighted by molar-refractivity contribution is 0.199. The van der Waals surface area contributed by atoms with Gasteiger partial charge in [-0.15, -0.1) is 0 Å². The number of rotatable bonds is 6. The summed E-state index contributed by atoms with van der Waals surface area (Å²) in [4.78, 5) is 12.0. The van der Waals surface area contributed by atoms with Gasteiger partial charge in [0.1, 0.15) is 11.6 Å².